The lowest BCUT2D eigenvalue weighted by Gasteiger charge is -2.06. The second-order valence-electron chi connectivity index (χ2n) is 4.03. The van der Waals surface area contributed by atoms with Crippen LogP contribution in [0.15, 0.2) is 53.7 Å². The third-order valence-corrected chi connectivity index (χ3v) is 2.87. The maximum atomic E-state index is 12.0. The molecule has 2 aromatic carbocycles. The van der Waals surface area contributed by atoms with Crippen LogP contribution in [0.4, 0.5) is 5.69 Å². The van der Waals surface area contributed by atoms with Crippen molar-refractivity contribution in [3.63, 3.8) is 0 Å². The average molecular weight is 290 g/mol. The van der Waals surface area contributed by atoms with Crippen LogP contribution in [0.3, 0.4) is 0 Å². The van der Waals surface area contributed by atoms with Gasteiger partial charge in [0.1, 0.15) is 0 Å². The van der Waals surface area contributed by atoms with Crippen molar-refractivity contribution >= 4 is 29.0 Å². The molecule has 0 unspecified atom stereocenters. The number of carbonyl (C=O) groups excluding carboxylic acids is 1. The molecule has 0 saturated heterocycles. The number of nitrogens with one attached hydrogen (secondary N) is 1. The van der Waals surface area contributed by atoms with Gasteiger partial charge in [0.05, 0.1) is 0 Å². The van der Waals surface area contributed by atoms with Gasteiger partial charge in [-0.2, -0.15) is 0 Å². The zero-order valence-corrected chi connectivity index (χ0v) is 11.1. The second-order valence-corrected chi connectivity index (χ2v) is 4.46. The molecule has 20 heavy (non-hydrogen) atoms. The van der Waals surface area contributed by atoms with Gasteiger partial charge in [-0.3, -0.25) is 4.79 Å². The van der Waals surface area contributed by atoms with E-state index in [4.69, 9.17) is 22.5 Å². The third kappa shape index (κ3) is 3.27. The fourth-order valence-corrected chi connectivity index (χ4v) is 1.81. The molecule has 4 N–H and O–H groups in total. The van der Waals surface area contributed by atoms with Crippen molar-refractivity contribution in [3.05, 3.63) is 64.7 Å². The largest absolute Gasteiger partial charge is 0.409 e. The Bertz CT molecular complexity index is 654. The van der Waals surface area contributed by atoms with E-state index in [1.165, 1.54) is 0 Å². The monoisotopic (exact) mass is 289 g/mol. The van der Waals surface area contributed by atoms with Crippen LogP contribution >= 0.6 is 11.6 Å². The minimum absolute atomic E-state index is 0.0118. The molecular weight excluding hydrogens is 278 g/mol. The number of nitrogens with two attached hydrogens (primary N) is 1. The van der Waals surface area contributed by atoms with E-state index in [-0.39, 0.29) is 11.7 Å². The molecule has 0 aliphatic carbocycles. The van der Waals surface area contributed by atoms with E-state index in [9.17, 15) is 4.79 Å². The average Bonchev–Trinajstić information content (AvgIpc) is 2.47. The van der Waals surface area contributed by atoms with E-state index in [1.807, 2.05) is 0 Å². The molecule has 0 aliphatic heterocycles. The number of amidine groups is 1. The molecule has 0 fully saturated rings. The van der Waals surface area contributed by atoms with Crippen LogP contribution in [-0.4, -0.2) is 17.0 Å². The number of oxime groups is 1. The molecule has 2 aromatic rings. The zero-order chi connectivity index (χ0) is 14.5. The summed E-state index contributed by atoms with van der Waals surface area (Å²) in [4.78, 5) is 12.0. The summed E-state index contributed by atoms with van der Waals surface area (Å²) in [5.41, 5.74) is 7.09. The minimum atomic E-state index is -0.260. The van der Waals surface area contributed by atoms with Crippen molar-refractivity contribution in [3.8, 4) is 0 Å². The maximum Gasteiger partial charge on any atom is 0.255 e. The van der Waals surface area contributed by atoms with Gasteiger partial charge in [0.15, 0.2) is 5.84 Å². The van der Waals surface area contributed by atoms with Gasteiger partial charge in [-0.25, -0.2) is 0 Å². The molecule has 0 heterocycles. The van der Waals surface area contributed by atoms with Crippen LogP contribution in [0.25, 0.3) is 0 Å². The van der Waals surface area contributed by atoms with Gasteiger partial charge in [-0.05, 0) is 42.5 Å². The van der Waals surface area contributed by atoms with E-state index >= 15 is 0 Å². The smallest absolute Gasteiger partial charge is 0.255 e. The maximum absolute atomic E-state index is 12.0. The highest BCUT2D eigenvalue weighted by molar-refractivity contribution is 6.31. The Hall–Kier alpha value is -2.53. The molecule has 0 saturated carbocycles. The summed E-state index contributed by atoms with van der Waals surface area (Å²) < 4.78 is 0. The van der Waals surface area contributed by atoms with Gasteiger partial charge in [-0.1, -0.05) is 22.8 Å². The fraction of sp³-hybridized carbons (Fsp3) is 0. The number of amides is 1. The number of nitrogens with zero attached hydrogens (tertiary/aromatic N) is 1. The van der Waals surface area contributed by atoms with E-state index < -0.39 is 0 Å². The molecule has 0 spiro atoms. The first-order chi connectivity index (χ1) is 9.60. The molecule has 0 aromatic heterocycles. The van der Waals surface area contributed by atoms with E-state index in [1.54, 1.807) is 48.5 Å². The summed E-state index contributed by atoms with van der Waals surface area (Å²) >= 11 is 5.83. The minimum Gasteiger partial charge on any atom is -0.409 e. The van der Waals surface area contributed by atoms with Crippen LogP contribution in [0.1, 0.15) is 15.9 Å². The van der Waals surface area contributed by atoms with Crippen molar-refractivity contribution in [2.24, 2.45) is 10.9 Å². The fourth-order valence-electron chi connectivity index (χ4n) is 1.62. The van der Waals surface area contributed by atoms with Crippen molar-refractivity contribution in [1.29, 1.82) is 0 Å². The quantitative estimate of drug-likeness (QED) is 0.351. The lowest BCUT2D eigenvalue weighted by Crippen LogP contribution is -2.14. The second kappa shape index (κ2) is 6.08. The van der Waals surface area contributed by atoms with Crippen LogP contribution in [0.2, 0.25) is 5.02 Å². The Morgan fingerprint density at radius 3 is 2.45 bits per heavy atom. The predicted octanol–water partition coefficient (Wildman–Crippen LogP) is 2.69. The Labute approximate surface area is 120 Å². The third-order valence-electron chi connectivity index (χ3n) is 2.63. The Morgan fingerprint density at radius 2 is 1.85 bits per heavy atom. The number of benzene rings is 2. The van der Waals surface area contributed by atoms with Gasteiger partial charge in [0.25, 0.3) is 5.91 Å². The van der Waals surface area contributed by atoms with Crippen molar-refractivity contribution in [1.82, 2.24) is 0 Å². The molecule has 5 nitrogen and oxygen atoms in total. The summed E-state index contributed by atoms with van der Waals surface area (Å²) in [5.74, 6) is -0.248. The number of carbonyl (C=O) groups is 1. The zero-order valence-electron chi connectivity index (χ0n) is 10.4. The predicted molar refractivity (Wildman–Crippen MR) is 78.4 cm³/mol. The first-order valence-corrected chi connectivity index (χ1v) is 6.13. The Kier molecular flexibility index (Phi) is 4.22. The van der Waals surface area contributed by atoms with Crippen LogP contribution in [0.5, 0.6) is 0 Å². The van der Waals surface area contributed by atoms with Gasteiger partial charge in [0, 0.05) is 21.8 Å². The molecule has 0 atom stereocenters. The van der Waals surface area contributed by atoms with E-state index in [0.717, 1.165) is 0 Å². The SMILES string of the molecule is N/C(=N/O)c1ccc(NC(=O)c2cccc(Cl)c2)cc1. The summed E-state index contributed by atoms with van der Waals surface area (Å²) in [6, 6.07) is 13.3. The molecule has 0 bridgehead atoms. The highest BCUT2D eigenvalue weighted by atomic mass is 35.5. The van der Waals surface area contributed by atoms with Gasteiger partial charge < -0.3 is 16.3 Å². The topological polar surface area (TPSA) is 87.7 Å². The summed E-state index contributed by atoms with van der Waals surface area (Å²) in [6.45, 7) is 0. The van der Waals surface area contributed by atoms with Crippen LogP contribution in [-0.2, 0) is 0 Å². The lowest BCUT2D eigenvalue weighted by molar-refractivity contribution is 0.102. The molecule has 1 amide bonds. The number of halogens is 1. The number of anilines is 1. The summed E-state index contributed by atoms with van der Waals surface area (Å²) in [6.07, 6.45) is 0. The summed E-state index contributed by atoms with van der Waals surface area (Å²) in [5, 5.41) is 14.7. The van der Waals surface area contributed by atoms with Gasteiger partial charge >= 0.3 is 0 Å². The first-order valence-electron chi connectivity index (χ1n) is 5.75. The molecule has 0 aliphatic rings. The van der Waals surface area contributed by atoms with Crippen molar-refractivity contribution < 1.29 is 10.0 Å². The Morgan fingerprint density at radius 1 is 1.15 bits per heavy atom. The molecule has 102 valence electrons. The van der Waals surface area contributed by atoms with E-state index in [2.05, 4.69) is 10.5 Å². The molecular formula is C14H12ClN3O2. The molecule has 0 radical (unpaired) electrons. The summed E-state index contributed by atoms with van der Waals surface area (Å²) in [7, 11) is 0. The van der Waals surface area contributed by atoms with Gasteiger partial charge in [-0.15, -0.1) is 0 Å². The standard InChI is InChI=1S/C14H12ClN3O2/c15-11-3-1-2-10(8-11)14(19)17-12-6-4-9(5-7-12)13(16)18-20/h1-8,20H,(H2,16,18)(H,17,19). The lowest BCUT2D eigenvalue weighted by atomic mass is 10.1. The van der Waals surface area contributed by atoms with Crippen molar-refractivity contribution in [2.75, 3.05) is 5.32 Å². The van der Waals surface area contributed by atoms with Crippen LogP contribution in [0, 0.1) is 0 Å². The highest BCUT2D eigenvalue weighted by Crippen LogP contribution is 2.14. The molecule has 6 heteroatoms. The highest BCUT2D eigenvalue weighted by Gasteiger charge is 2.07. The number of rotatable bonds is 3. The molecule has 2 rings (SSSR count). The normalized spacial score (nSPS) is 11.2. The Balaban J connectivity index is 2.12. The number of hydrogen-bond donors (Lipinski definition) is 3. The number of hydrogen-bond acceptors (Lipinski definition) is 3. The van der Waals surface area contributed by atoms with Gasteiger partial charge in [0.2, 0.25) is 0 Å². The van der Waals surface area contributed by atoms with Crippen molar-refractivity contribution in [2.45, 2.75) is 0 Å². The van der Waals surface area contributed by atoms with E-state index in [0.29, 0.717) is 21.8 Å². The van der Waals surface area contributed by atoms with Crippen LogP contribution < -0.4 is 11.1 Å². The first kappa shape index (κ1) is 13.9.